The summed E-state index contributed by atoms with van der Waals surface area (Å²) in [6, 6.07) is 7.81. The highest BCUT2D eigenvalue weighted by molar-refractivity contribution is 7.89. The van der Waals surface area contributed by atoms with Gasteiger partial charge in [-0.1, -0.05) is 11.6 Å². The first-order chi connectivity index (χ1) is 17.6. The van der Waals surface area contributed by atoms with E-state index in [1.807, 2.05) is 13.8 Å². The zero-order chi connectivity index (χ0) is 27.9. The molecule has 1 spiro atoms. The quantitative estimate of drug-likeness (QED) is 0.369. The SMILES string of the molecule is CC(C)(C)NS(=O)(=O)c1cc(NC(=O)c2ccc(NC(C)(C)CO)nc2N2CCC3(CC2)CC3)ccc1Cl. The van der Waals surface area contributed by atoms with Crippen molar-refractivity contribution >= 4 is 44.9 Å². The Labute approximate surface area is 230 Å². The third-order valence-corrected chi connectivity index (χ3v) is 9.22. The lowest BCUT2D eigenvalue weighted by Gasteiger charge is -2.34. The Bertz CT molecular complexity index is 1310. The summed E-state index contributed by atoms with van der Waals surface area (Å²) in [7, 11) is -3.91. The summed E-state index contributed by atoms with van der Waals surface area (Å²) >= 11 is 6.23. The second kappa shape index (κ2) is 10.3. The maximum Gasteiger partial charge on any atom is 0.259 e. The highest BCUT2D eigenvalue weighted by Gasteiger charge is 2.45. The molecular weight excluding hydrogens is 526 g/mol. The van der Waals surface area contributed by atoms with Gasteiger partial charge in [0, 0.05) is 24.3 Å². The van der Waals surface area contributed by atoms with Crippen LogP contribution in [0.1, 0.15) is 70.7 Å². The second-order valence-electron chi connectivity index (χ2n) is 12.2. The van der Waals surface area contributed by atoms with E-state index in [4.69, 9.17) is 16.6 Å². The molecular formula is C27H38ClN5O4S. The number of hydrogen-bond donors (Lipinski definition) is 4. The Morgan fingerprint density at radius 1 is 1.08 bits per heavy atom. The number of anilines is 3. The number of nitrogens with one attached hydrogen (secondary N) is 3. The number of piperidine rings is 1. The Hall–Kier alpha value is -2.40. The zero-order valence-electron chi connectivity index (χ0n) is 22.7. The smallest absolute Gasteiger partial charge is 0.259 e. The minimum atomic E-state index is -3.91. The molecule has 0 bridgehead atoms. The lowest BCUT2D eigenvalue weighted by molar-refractivity contribution is 0.102. The number of halogens is 1. The molecule has 2 aliphatic rings. The number of amides is 1. The van der Waals surface area contributed by atoms with Crippen molar-refractivity contribution in [3.63, 3.8) is 0 Å². The summed E-state index contributed by atoms with van der Waals surface area (Å²) in [5, 5.41) is 15.8. The van der Waals surface area contributed by atoms with Crippen LogP contribution >= 0.6 is 11.6 Å². The molecule has 0 unspecified atom stereocenters. The van der Waals surface area contributed by atoms with Gasteiger partial charge in [-0.05, 0) is 96.0 Å². The van der Waals surface area contributed by atoms with E-state index in [0.29, 0.717) is 28.3 Å². The van der Waals surface area contributed by atoms with Crippen LogP contribution in [-0.2, 0) is 10.0 Å². The summed E-state index contributed by atoms with van der Waals surface area (Å²) < 4.78 is 28.4. The van der Waals surface area contributed by atoms with Crippen LogP contribution in [0.4, 0.5) is 17.3 Å². The van der Waals surface area contributed by atoms with Crippen molar-refractivity contribution in [2.75, 3.05) is 35.2 Å². The fourth-order valence-electron chi connectivity index (χ4n) is 4.64. The average molecular weight is 564 g/mol. The Morgan fingerprint density at radius 2 is 1.74 bits per heavy atom. The molecule has 4 rings (SSSR count). The molecule has 2 aromatic rings. The van der Waals surface area contributed by atoms with E-state index in [2.05, 4.69) is 20.3 Å². The summed E-state index contributed by atoms with van der Waals surface area (Å²) in [4.78, 5) is 20.3. The number of aliphatic hydroxyl groups is 1. The molecule has 9 nitrogen and oxygen atoms in total. The number of aliphatic hydroxyl groups excluding tert-OH is 1. The molecule has 2 heterocycles. The number of sulfonamides is 1. The normalized spacial score (nSPS) is 17.4. The first kappa shape index (κ1) is 28.6. The highest BCUT2D eigenvalue weighted by Crippen LogP contribution is 2.54. The summed E-state index contributed by atoms with van der Waals surface area (Å²) in [5.41, 5.74) is -0.133. The summed E-state index contributed by atoms with van der Waals surface area (Å²) in [5.74, 6) is 0.727. The van der Waals surface area contributed by atoms with Crippen LogP contribution in [-0.4, -0.2) is 55.2 Å². The highest BCUT2D eigenvalue weighted by atomic mass is 35.5. The topological polar surface area (TPSA) is 124 Å². The number of aromatic nitrogens is 1. The van der Waals surface area contributed by atoms with Crippen molar-refractivity contribution in [3.8, 4) is 0 Å². The second-order valence-corrected chi connectivity index (χ2v) is 14.2. The predicted molar refractivity (Wildman–Crippen MR) is 152 cm³/mol. The van der Waals surface area contributed by atoms with Gasteiger partial charge in [0.05, 0.1) is 22.7 Å². The van der Waals surface area contributed by atoms with Crippen LogP contribution in [0, 0.1) is 5.41 Å². The van der Waals surface area contributed by atoms with Gasteiger partial charge in [-0.15, -0.1) is 0 Å². The Morgan fingerprint density at radius 3 is 2.32 bits per heavy atom. The largest absolute Gasteiger partial charge is 0.394 e. The van der Waals surface area contributed by atoms with Gasteiger partial charge in [0.15, 0.2) is 0 Å². The van der Waals surface area contributed by atoms with E-state index < -0.39 is 27.0 Å². The molecule has 1 aromatic heterocycles. The number of hydrogen-bond acceptors (Lipinski definition) is 7. The molecule has 1 saturated heterocycles. The molecule has 1 saturated carbocycles. The van der Waals surface area contributed by atoms with Gasteiger partial charge in [0.25, 0.3) is 5.91 Å². The van der Waals surface area contributed by atoms with Crippen molar-refractivity contribution in [2.24, 2.45) is 5.41 Å². The van der Waals surface area contributed by atoms with Crippen LogP contribution in [0.15, 0.2) is 35.2 Å². The van der Waals surface area contributed by atoms with Gasteiger partial charge in [-0.3, -0.25) is 4.79 Å². The lowest BCUT2D eigenvalue weighted by atomic mass is 9.93. The van der Waals surface area contributed by atoms with Crippen LogP contribution in [0.25, 0.3) is 0 Å². The predicted octanol–water partition coefficient (Wildman–Crippen LogP) is 4.63. The van der Waals surface area contributed by atoms with Gasteiger partial charge in [0.2, 0.25) is 10.0 Å². The van der Waals surface area contributed by atoms with Gasteiger partial charge in [-0.25, -0.2) is 18.1 Å². The fourth-order valence-corrected chi connectivity index (χ4v) is 6.58. The number of carbonyl (C=O) groups excluding carboxylic acids is 1. The van der Waals surface area contributed by atoms with Crippen molar-refractivity contribution in [1.29, 1.82) is 0 Å². The molecule has 38 heavy (non-hydrogen) atoms. The first-order valence-electron chi connectivity index (χ1n) is 12.9. The van der Waals surface area contributed by atoms with Crippen molar-refractivity contribution < 1.29 is 18.3 Å². The maximum absolute atomic E-state index is 13.5. The monoisotopic (exact) mass is 563 g/mol. The van der Waals surface area contributed by atoms with E-state index >= 15 is 0 Å². The number of pyridine rings is 1. The standard InChI is InChI=1S/C27H38ClN5O4S/c1-25(2,3)32-38(36,37)21-16-18(6-8-20(21)28)29-24(35)19-7-9-22(31-26(4,5)17-34)30-23(19)33-14-12-27(10-11-27)13-15-33/h6-9,16,32,34H,10-15,17H2,1-5H3,(H,29,35)(H,30,31). The van der Waals surface area contributed by atoms with Crippen molar-refractivity contribution in [1.82, 2.24) is 9.71 Å². The van der Waals surface area contributed by atoms with E-state index in [0.717, 1.165) is 25.9 Å². The minimum Gasteiger partial charge on any atom is -0.394 e. The van der Waals surface area contributed by atoms with Gasteiger partial charge >= 0.3 is 0 Å². The Balaban J connectivity index is 1.63. The number of nitrogens with zero attached hydrogens (tertiary/aromatic N) is 2. The fraction of sp³-hybridized carbons (Fsp3) is 0.556. The minimum absolute atomic E-state index is 0.0614. The van der Waals surface area contributed by atoms with Crippen molar-refractivity contribution in [3.05, 3.63) is 40.9 Å². The number of rotatable bonds is 8. The van der Waals surface area contributed by atoms with E-state index in [1.165, 1.54) is 25.0 Å². The van der Waals surface area contributed by atoms with Crippen LogP contribution in [0.3, 0.4) is 0 Å². The average Bonchev–Trinajstić information content (AvgIpc) is 3.57. The van der Waals surface area contributed by atoms with Crippen molar-refractivity contribution in [2.45, 2.75) is 76.3 Å². The van der Waals surface area contributed by atoms with Gasteiger partial charge in [-0.2, -0.15) is 0 Å². The third kappa shape index (κ3) is 6.77. The number of benzene rings is 1. The molecule has 1 aliphatic carbocycles. The third-order valence-electron chi connectivity index (χ3n) is 6.98. The van der Waals surface area contributed by atoms with E-state index in [9.17, 15) is 18.3 Å². The molecule has 0 atom stereocenters. The van der Waals surface area contributed by atoms with Crippen LogP contribution < -0.4 is 20.3 Å². The molecule has 2 fully saturated rings. The van der Waals surface area contributed by atoms with Crippen LogP contribution in [0.2, 0.25) is 5.02 Å². The number of carbonyl (C=O) groups is 1. The molecule has 208 valence electrons. The molecule has 1 aliphatic heterocycles. The molecule has 0 radical (unpaired) electrons. The Kier molecular flexibility index (Phi) is 7.75. The maximum atomic E-state index is 13.5. The lowest BCUT2D eigenvalue weighted by Crippen LogP contribution is -2.40. The van der Waals surface area contributed by atoms with Crippen LogP contribution in [0.5, 0.6) is 0 Å². The van der Waals surface area contributed by atoms with E-state index in [1.54, 1.807) is 39.0 Å². The molecule has 1 aromatic carbocycles. The summed E-state index contributed by atoms with van der Waals surface area (Å²) in [6.45, 7) is 10.5. The summed E-state index contributed by atoms with van der Waals surface area (Å²) in [6.07, 6.45) is 4.66. The molecule has 11 heteroatoms. The zero-order valence-corrected chi connectivity index (χ0v) is 24.3. The molecule has 1 amide bonds. The van der Waals surface area contributed by atoms with Gasteiger partial charge < -0.3 is 20.6 Å². The molecule has 4 N–H and O–H groups in total. The van der Waals surface area contributed by atoms with E-state index in [-0.39, 0.29) is 16.5 Å². The first-order valence-corrected chi connectivity index (χ1v) is 14.8. The van der Waals surface area contributed by atoms with Gasteiger partial charge in [0.1, 0.15) is 16.5 Å².